The van der Waals surface area contributed by atoms with Gasteiger partial charge in [0.25, 0.3) is 0 Å². The Bertz CT molecular complexity index is 2000. The van der Waals surface area contributed by atoms with E-state index in [9.17, 15) is 24.0 Å². The summed E-state index contributed by atoms with van der Waals surface area (Å²) in [6.45, 7) is 1.65. The second-order valence-corrected chi connectivity index (χ2v) is 15.1. The molecule has 3 aromatic carbocycles. The zero-order valence-corrected chi connectivity index (χ0v) is 32.2. The fourth-order valence-electron chi connectivity index (χ4n) is 6.45. The first kappa shape index (κ1) is 39.2. The van der Waals surface area contributed by atoms with E-state index in [1.807, 2.05) is 78.2 Å². The number of fused-ring (bicyclic) bond motifs is 2. The number of carbonyl (C=O) groups excluding carboxylic acids is 5. The van der Waals surface area contributed by atoms with E-state index >= 15 is 0 Å². The van der Waals surface area contributed by atoms with Crippen LogP contribution in [-0.4, -0.2) is 71.1 Å². The van der Waals surface area contributed by atoms with Crippen LogP contribution in [0, 0.1) is 3.57 Å². The van der Waals surface area contributed by atoms with E-state index in [4.69, 9.17) is 17.2 Å². The zero-order chi connectivity index (χ0) is 38.1. The number of rotatable bonds is 15. The predicted molar refractivity (Wildman–Crippen MR) is 213 cm³/mol. The van der Waals surface area contributed by atoms with Gasteiger partial charge in [-0.1, -0.05) is 54.6 Å². The molecule has 1 aromatic heterocycles. The van der Waals surface area contributed by atoms with Crippen LogP contribution in [0.4, 0.5) is 0 Å². The lowest BCUT2D eigenvalue weighted by molar-refractivity contribution is -0.144. The molecule has 0 saturated heterocycles. The van der Waals surface area contributed by atoms with Crippen LogP contribution < -0.4 is 33.2 Å². The summed E-state index contributed by atoms with van der Waals surface area (Å²) in [6, 6.07) is 18.7. The summed E-state index contributed by atoms with van der Waals surface area (Å²) < 4.78 is 2.04. The summed E-state index contributed by atoms with van der Waals surface area (Å²) in [6.07, 6.45) is 0.984. The highest BCUT2D eigenvalue weighted by molar-refractivity contribution is 14.1. The number of amides is 5. The molecule has 2 heterocycles. The van der Waals surface area contributed by atoms with Gasteiger partial charge in [0.1, 0.15) is 24.2 Å². The number of benzene rings is 3. The molecular weight excluding hydrogens is 807 g/mol. The summed E-state index contributed by atoms with van der Waals surface area (Å²) in [5.41, 5.74) is 20.3. The molecule has 4 atom stereocenters. The topological polar surface area (TPSA) is 215 Å². The molecule has 0 spiro atoms. The molecule has 5 rings (SSSR count). The van der Waals surface area contributed by atoms with Crippen molar-refractivity contribution in [3.05, 3.63) is 104 Å². The van der Waals surface area contributed by atoms with Gasteiger partial charge in [-0.05, 0) is 86.7 Å². The van der Waals surface area contributed by atoms with Gasteiger partial charge in [-0.25, -0.2) is 0 Å². The maximum absolute atomic E-state index is 14.4. The van der Waals surface area contributed by atoms with Crippen LogP contribution in [0.1, 0.15) is 42.0 Å². The highest BCUT2D eigenvalue weighted by Gasteiger charge is 2.38. The van der Waals surface area contributed by atoms with Gasteiger partial charge in [-0.2, -0.15) is 0 Å². The van der Waals surface area contributed by atoms with Gasteiger partial charge in [0.2, 0.25) is 29.5 Å². The lowest BCUT2D eigenvalue weighted by atomic mass is 9.92. The van der Waals surface area contributed by atoms with E-state index in [0.29, 0.717) is 6.42 Å². The normalized spacial score (nSPS) is 15.4. The molecule has 0 bridgehead atoms. The van der Waals surface area contributed by atoms with E-state index < -0.39 is 53.7 Å². The van der Waals surface area contributed by atoms with Crippen molar-refractivity contribution in [3.8, 4) is 0 Å². The summed E-state index contributed by atoms with van der Waals surface area (Å²) in [5.74, 6) is -2.85. The fraction of sp³-hybridized carbons (Fsp3) is 0.316. The van der Waals surface area contributed by atoms with Gasteiger partial charge in [0.15, 0.2) is 5.96 Å². The predicted octanol–water partition coefficient (Wildman–Crippen LogP) is 2.26. The van der Waals surface area contributed by atoms with E-state index in [0.717, 1.165) is 35.9 Å². The minimum atomic E-state index is -1.13. The minimum Gasteiger partial charge on any atom is -0.370 e. The zero-order valence-electron chi connectivity index (χ0n) is 29.2. The summed E-state index contributed by atoms with van der Waals surface area (Å²) in [7, 11) is 0. The molecule has 9 N–H and O–H groups in total. The van der Waals surface area contributed by atoms with E-state index in [1.54, 1.807) is 0 Å². The lowest BCUT2D eigenvalue weighted by Crippen LogP contribution is -2.60. The summed E-state index contributed by atoms with van der Waals surface area (Å²) in [5, 5.41) is 11.4. The van der Waals surface area contributed by atoms with Gasteiger partial charge in [0, 0.05) is 47.5 Å². The van der Waals surface area contributed by atoms with E-state index in [-0.39, 0.29) is 44.7 Å². The second kappa shape index (κ2) is 18.1. The largest absolute Gasteiger partial charge is 0.370 e. The van der Waals surface area contributed by atoms with Crippen LogP contribution in [-0.2, 0) is 49.8 Å². The van der Waals surface area contributed by atoms with E-state index in [1.165, 1.54) is 23.2 Å². The molecule has 1 aliphatic heterocycles. The van der Waals surface area contributed by atoms with Crippen molar-refractivity contribution in [1.82, 2.24) is 20.9 Å². The molecule has 278 valence electrons. The van der Waals surface area contributed by atoms with Crippen molar-refractivity contribution in [2.45, 2.75) is 69.7 Å². The summed E-state index contributed by atoms with van der Waals surface area (Å²) in [4.78, 5) is 73.0. The molecule has 0 aliphatic carbocycles. The number of hydrogen-bond acceptors (Lipinski definition) is 7. The highest BCUT2D eigenvalue weighted by atomic mass is 127. The number of nitrogens with one attached hydrogen (secondary N) is 3. The number of aliphatic imine (C=N–C) groups is 1. The molecule has 0 radical (unpaired) electrons. The molecule has 4 aromatic rings. The maximum Gasteiger partial charge on any atom is 0.246 e. The first-order chi connectivity index (χ1) is 25.4. The molecule has 15 heteroatoms. The number of guanidine groups is 1. The van der Waals surface area contributed by atoms with Crippen LogP contribution in [0.25, 0.3) is 10.1 Å². The van der Waals surface area contributed by atoms with Gasteiger partial charge in [-0.15, -0.1) is 11.3 Å². The average molecular weight is 851 g/mol. The molecule has 13 nitrogen and oxygen atoms in total. The Labute approximate surface area is 325 Å². The number of thiophene rings is 1. The van der Waals surface area contributed by atoms with Crippen molar-refractivity contribution in [2.24, 2.45) is 22.2 Å². The van der Waals surface area contributed by atoms with Crippen LogP contribution in [0.3, 0.4) is 0 Å². The van der Waals surface area contributed by atoms with Crippen LogP contribution in [0.5, 0.6) is 0 Å². The van der Waals surface area contributed by atoms with Crippen molar-refractivity contribution in [1.29, 1.82) is 0 Å². The monoisotopic (exact) mass is 850 g/mol. The fourth-order valence-corrected chi connectivity index (χ4v) is 7.78. The Balaban J connectivity index is 1.42. The number of primary amides is 1. The molecule has 0 unspecified atom stereocenters. The maximum atomic E-state index is 14.4. The standard InChI is InChI=1S/C38H43IN8O5S/c1-22(48)44-30(18-26-21-53-33-11-5-4-9-28(26)33)36(51)45-29(10-6-16-43-38(41)42)35(50)46-31(17-23-12-14-27(39)15-13-23)37(52)47-20-25-8-3-2-7-24(25)19-32(47)34(40)49/h2-5,7-9,11-15,21,29-32H,6,10,16-20H2,1H3,(H2,40,49)(H,44,48)(H,45,51)(H,46,50)(H4,41,42,43)/t29-,30-,31+,32-/m0/s1. The first-order valence-corrected chi connectivity index (χ1v) is 19.1. The van der Waals surface area contributed by atoms with Crippen molar-refractivity contribution < 1.29 is 24.0 Å². The van der Waals surface area contributed by atoms with Gasteiger partial charge < -0.3 is 38.1 Å². The van der Waals surface area contributed by atoms with Crippen molar-refractivity contribution >= 4 is 79.5 Å². The lowest BCUT2D eigenvalue weighted by Gasteiger charge is -2.37. The molecular formula is C38H43IN8O5S. The Hall–Kier alpha value is -5.03. The third kappa shape index (κ3) is 10.5. The molecule has 53 heavy (non-hydrogen) atoms. The molecule has 0 saturated carbocycles. The summed E-state index contributed by atoms with van der Waals surface area (Å²) >= 11 is 3.72. The number of halogens is 1. The SMILES string of the molecule is CC(=O)N[C@@H](Cc1csc2ccccc12)C(=O)N[C@@H](CCCN=C(N)N)C(=O)N[C@H](Cc1ccc(I)cc1)C(=O)N1Cc2ccccc2C[C@H]1C(N)=O. The van der Waals surface area contributed by atoms with Crippen molar-refractivity contribution in [2.75, 3.05) is 6.54 Å². The first-order valence-electron chi connectivity index (χ1n) is 17.2. The number of nitrogens with zero attached hydrogens (tertiary/aromatic N) is 2. The number of nitrogens with two attached hydrogens (primary N) is 3. The van der Waals surface area contributed by atoms with Crippen molar-refractivity contribution in [3.63, 3.8) is 0 Å². The molecule has 1 aliphatic rings. The van der Waals surface area contributed by atoms with Crippen LogP contribution in [0.15, 0.2) is 83.2 Å². The van der Waals surface area contributed by atoms with Crippen LogP contribution >= 0.6 is 33.9 Å². The Morgan fingerprint density at radius 3 is 2.21 bits per heavy atom. The number of carbonyl (C=O) groups is 5. The molecule has 0 fully saturated rings. The average Bonchev–Trinajstić information content (AvgIpc) is 3.54. The minimum absolute atomic E-state index is 0.111. The smallest absolute Gasteiger partial charge is 0.246 e. The van der Waals surface area contributed by atoms with Gasteiger partial charge in [0.05, 0.1) is 0 Å². The number of hydrogen-bond donors (Lipinski definition) is 6. The second-order valence-electron chi connectivity index (χ2n) is 13.0. The highest BCUT2D eigenvalue weighted by Crippen LogP contribution is 2.27. The Kier molecular flexibility index (Phi) is 13.4. The Morgan fingerprint density at radius 2 is 1.51 bits per heavy atom. The third-order valence-electron chi connectivity index (χ3n) is 9.09. The van der Waals surface area contributed by atoms with Crippen LogP contribution in [0.2, 0.25) is 0 Å². The van der Waals surface area contributed by atoms with Gasteiger partial charge >= 0.3 is 0 Å². The van der Waals surface area contributed by atoms with E-state index in [2.05, 4.69) is 43.5 Å². The van der Waals surface area contributed by atoms with Gasteiger partial charge in [-0.3, -0.25) is 29.0 Å². The Morgan fingerprint density at radius 1 is 0.849 bits per heavy atom. The third-order valence-corrected chi connectivity index (χ3v) is 10.8. The molecule has 5 amide bonds. The quantitative estimate of drug-likeness (QED) is 0.0454.